The minimum atomic E-state index is 0.347. The highest BCUT2D eigenvalue weighted by Gasteiger charge is 2.16. The van der Waals surface area contributed by atoms with Crippen LogP contribution in [0.2, 0.25) is 0 Å². The number of hydrogen-bond acceptors (Lipinski definition) is 3. The highest BCUT2D eigenvalue weighted by atomic mass is 79.9. The molecule has 1 aliphatic rings. The van der Waals surface area contributed by atoms with Gasteiger partial charge in [0, 0.05) is 10.0 Å². The van der Waals surface area contributed by atoms with Crippen LogP contribution in [0.3, 0.4) is 0 Å². The monoisotopic (exact) mass is 285 g/mol. The molecule has 0 radical (unpaired) electrons. The summed E-state index contributed by atoms with van der Waals surface area (Å²) in [6.45, 7) is 3.85. The van der Waals surface area contributed by atoms with Gasteiger partial charge in [0.1, 0.15) is 5.75 Å². The van der Waals surface area contributed by atoms with Crippen molar-refractivity contribution in [1.82, 2.24) is 0 Å². The lowest BCUT2D eigenvalue weighted by Gasteiger charge is -2.21. The summed E-state index contributed by atoms with van der Waals surface area (Å²) in [5, 5.41) is 0. The fraction of sp³-hybridized carbons (Fsp3) is 0.500. The average molecular weight is 286 g/mol. The molecule has 4 heteroatoms. The summed E-state index contributed by atoms with van der Waals surface area (Å²) >= 11 is 3.59. The summed E-state index contributed by atoms with van der Waals surface area (Å²) in [7, 11) is 0. The highest BCUT2D eigenvalue weighted by Crippen LogP contribution is 2.35. The van der Waals surface area contributed by atoms with Crippen LogP contribution in [-0.2, 0) is 11.3 Å². The highest BCUT2D eigenvalue weighted by molar-refractivity contribution is 9.10. The zero-order valence-corrected chi connectivity index (χ0v) is 10.9. The van der Waals surface area contributed by atoms with Gasteiger partial charge >= 0.3 is 0 Å². The summed E-state index contributed by atoms with van der Waals surface area (Å²) in [5.41, 5.74) is 7.94. The first kappa shape index (κ1) is 11.9. The number of fused-ring (bicyclic) bond motifs is 1. The van der Waals surface area contributed by atoms with Crippen LogP contribution < -0.4 is 10.5 Å². The molecule has 0 bridgehead atoms. The van der Waals surface area contributed by atoms with Gasteiger partial charge in [0.05, 0.1) is 6.61 Å². The predicted molar refractivity (Wildman–Crippen MR) is 66.5 cm³/mol. The SMILES string of the molecule is CC(CCN)c1cc2c(cc1Br)COCO2. The van der Waals surface area contributed by atoms with Crippen LogP contribution in [0, 0.1) is 0 Å². The quantitative estimate of drug-likeness (QED) is 0.929. The van der Waals surface area contributed by atoms with Gasteiger partial charge in [-0.15, -0.1) is 0 Å². The topological polar surface area (TPSA) is 44.5 Å². The second kappa shape index (κ2) is 5.17. The van der Waals surface area contributed by atoms with E-state index >= 15 is 0 Å². The van der Waals surface area contributed by atoms with Crippen molar-refractivity contribution in [3.8, 4) is 5.75 Å². The van der Waals surface area contributed by atoms with E-state index in [9.17, 15) is 0 Å². The minimum Gasteiger partial charge on any atom is -0.467 e. The van der Waals surface area contributed by atoms with E-state index in [0.717, 1.165) is 22.2 Å². The normalized spacial score (nSPS) is 16.4. The third kappa shape index (κ3) is 2.39. The van der Waals surface area contributed by atoms with Crippen LogP contribution in [0.4, 0.5) is 0 Å². The third-order valence-electron chi connectivity index (χ3n) is 2.87. The second-order valence-electron chi connectivity index (χ2n) is 4.07. The van der Waals surface area contributed by atoms with Crippen molar-refractivity contribution in [2.75, 3.05) is 13.3 Å². The summed E-state index contributed by atoms with van der Waals surface area (Å²) in [6.07, 6.45) is 0.980. The molecule has 0 fully saturated rings. The van der Waals surface area contributed by atoms with Crippen molar-refractivity contribution in [3.63, 3.8) is 0 Å². The molecule has 1 unspecified atom stereocenters. The van der Waals surface area contributed by atoms with Gasteiger partial charge in [-0.05, 0) is 36.6 Å². The molecule has 3 nitrogen and oxygen atoms in total. The number of hydrogen-bond donors (Lipinski definition) is 1. The third-order valence-corrected chi connectivity index (χ3v) is 3.55. The molecule has 88 valence electrons. The second-order valence-corrected chi connectivity index (χ2v) is 4.92. The first-order valence-corrected chi connectivity index (χ1v) is 6.24. The smallest absolute Gasteiger partial charge is 0.189 e. The van der Waals surface area contributed by atoms with E-state index in [1.807, 2.05) is 0 Å². The van der Waals surface area contributed by atoms with Gasteiger partial charge in [-0.1, -0.05) is 22.9 Å². The molecular formula is C12H16BrNO2. The van der Waals surface area contributed by atoms with E-state index < -0.39 is 0 Å². The van der Waals surface area contributed by atoms with Crippen molar-refractivity contribution in [1.29, 1.82) is 0 Å². The van der Waals surface area contributed by atoms with Crippen molar-refractivity contribution in [2.24, 2.45) is 5.73 Å². The molecule has 2 rings (SSSR count). The van der Waals surface area contributed by atoms with Gasteiger partial charge < -0.3 is 15.2 Å². The molecule has 1 aromatic rings. The van der Waals surface area contributed by atoms with Crippen LogP contribution in [-0.4, -0.2) is 13.3 Å². The van der Waals surface area contributed by atoms with Crippen molar-refractivity contribution in [3.05, 3.63) is 27.7 Å². The maximum absolute atomic E-state index is 5.59. The molecule has 1 atom stereocenters. The van der Waals surface area contributed by atoms with E-state index in [0.29, 0.717) is 25.9 Å². The molecule has 0 aliphatic carbocycles. The van der Waals surface area contributed by atoms with Gasteiger partial charge in [-0.3, -0.25) is 0 Å². The zero-order chi connectivity index (χ0) is 11.5. The molecule has 0 spiro atoms. The minimum absolute atomic E-state index is 0.347. The van der Waals surface area contributed by atoms with Gasteiger partial charge in [0.25, 0.3) is 0 Å². The van der Waals surface area contributed by atoms with Crippen molar-refractivity contribution in [2.45, 2.75) is 25.9 Å². The fourth-order valence-corrected chi connectivity index (χ4v) is 2.68. The molecule has 0 saturated heterocycles. The predicted octanol–water partition coefficient (Wildman–Crippen LogP) is 2.77. The standard InChI is InChI=1S/C12H16BrNO2/c1-8(2-3-14)10-5-12-9(4-11(10)13)6-15-7-16-12/h4-5,8H,2-3,6-7,14H2,1H3. The molecule has 0 saturated carbocycles. The zero-order valence-electron chi connectivity index (χ0n) is 9.33. The summed E-state index contributed by atoms with van der Waals surface area (Å²) in [4.78, 5) is 0. The van der Waals surface area contributed by atoms with E-state index in [4.69, 9.17) is 15.2 Å². The maximum atomic E-state index is 5.59. The number of benzene rings is 1. The fourth-order valence-electron chi connectivity index (χ4n) is 1.90. The molecule has 16 heavy (non-hydrogen) atoms. The lowest BCUT2D eigenvalue weighted by Crippen LogP contribution is -2.12. The van der Waals surface area contributed by atoms with Gasteiger partial charge in [-0.2, -0.15) is 0 Å². The summed E-state index contributed by atoms with van der Waals surface area (Å²) in [6, 6.07) is 4.18. The maximum Gasteiger partial charge on any atom is 0.189 e. The molecule has 1 aromatic carbocycles. The van der Waals surface area contributed by atoms with Crippen molar-refractivity contribution < 1.29 is 9.47 Å². The number of rotatable bonds is 3. The molecule has 2 N–H and O–H groups in total. The van der Waals surface area contributed by atoms with E-state index in [1.165, 1.54) is 5.56 Å². The van der Waals surface area contributed by atoms with Crippen LogP contribution in [0.5, 0.6) is 5.75 Å². The Morgan fingerprint density at radius 1 is 1.50 bits per heavy atom. The number of nitrogens with two attached hydrogens (primary N) is 1. The van der Waals surface area contributed by atoms with Crippen molar-refractivity contribution >= 4 is 15.9 Å². The van der Waals surface area contributed by atoms with Gasteiger partial charge in [0.15, 0.2) is 6.79 Å². The Morgan fingerprint density at radius 3 is 3.06 bits per heavy atom. The Hall–Kier alpha value is -0.580. The van der Waals surface area contributed by atoms with Crippen LogP contribution in [0.1, 0.15) is 30.4 Å². The van der Waals surface area contributed by atoms with E-state index in [-0.39, 0.29) is 0 Å². The molecule has 0 aromatic heterocycles. The Balaban J connectivity index is 2.31. The van der Waals surface area contributed by atoms with Gasteiger partial charge in [0.2, 0.25) is 0 Å². The lowest BCUT2D eigenvalue weighted by molar-refractivity contribution is -0.0164. The lowest BCUT2D eigenvalue weighted by atomic mass is 9.96. The largest absolute Gasteiger partial charge is 0.467 e. The Morgan fingerprint density at radius 2 is 2.31 bits per heavy atom. The Kier molecular flexibility index (Phi) is 3.84. The molecule has 1 aliphatic heterocycles. The summed E-state index contributed by atoms with van der Waals surface area (Å²) < 4.78 is 11.8. The van der Waals surface area contributed by atoms with E-state index in [1.54, 1.807) is 0 Å². The first-order valence-electron chi connectivity index (χ1n) is 5.45. The molecular weight excluding hydrogens is 270 g/mol. The molecule has 0 amide bonds. The van der Waals surface area contributed by atoms with Gasteiger partial charge in [-0.25, -0.2) is 0 Å². The van der Waals surface area contributed by atoms with Crippen LogP contribution in [0.25, 0.3) is 0 Å². The molecule has 1 heterocycles. The number of ether oxygens (including phenoxy) is 2. The first-order chi connectivity index (χ1) is 7.72. The Labute approximate surface area is 104 Å². The number of halogens is 1. The Bertz CT molecular complexity index is 382. The summed E-state index contributed by atoms with van der Waals surface area (Å²) in [5.74, 6) is 1.38. The van der Waals surface area contributed by atoms with E-state index in [2.05, 4.69) is 35.0 Å². The average Bonchev–Trinajstić information content (AvgIpc) is 2.28. The van der Waals surface area contributed by atoms with Crippen LogP contribution >= 0.6 is 15.9 Å². The van der Waals surface area contributed by atoms with Crippen LogP contribution in [0.15, 0.2) is 16.6 Å².